The maximum atomic E-state index is 14.4. The second kappa shape index (κ2) is 24.7. The highest BCUT2D eigenvalue weighted by Gasteiger charge is 2.25. The van der Waals surface area contributed by atoms with E-state index in [-0.39, 0.29) is 35.1 Å². The fourth-order valence-electron chi connectivity index (χ4n) is 8.73. The fraction of sp³-hybridized carbons (Fsp3) is 0.333. The zero-order valence-electron chi connectivity index (χ0n) is 37.6. The number of hydrogen-bond acceptors (Lipinski definition) is 6. The Bertz CT molecular complexity index is 2440. The normalized spacial score (nSPS) is 16.0. The summed E-state index contributed by atoms with van der Waals surface area (Å²) >= 11 is 16.7. The van der Waals surface area contributed by atoms with Gasteiger partial charge in [-0.15, -0.1) is 0 Å². The largest absolute Gasteiger partial charge is 0.317 e. The van der Waals surface area contributed by atoms with Crippen molar-refractivity contribution in [3.8, 4) is 0 Å². The summed E-state index contributed by atoms with van der Waals surface area (Å²) in [5, 5.41) is 11.2. The Balaban J connectivity index is 0.000000147. The number of piperidine rings is 3. The Hall–Kier alpha value is -3.45. The highest BCUT2D eigenvalue weighted by atomic mass is 35.5. The van der Waals surface area contributed by atoms with Crippen LogP contribution in [0.1, 0.15) is 89.7 Å². The summed E-state index contributed by atoms with van der Waals surface area (Å²) in [6.45, 7) is 11.7. The van der Waals surface area contributed by atoms with E-state index >= 15 is 0 Å². The summed E-state index contributed by atoms with van der Waals surface area (Å²) in [6.07, 6.45) is 5.80. The minimum absolute atomic E-state index is 0.0549. The van der Waals surface area contributed by atoms with Gasteiger partial charge in [-0.1, -0.05) is 88.8 Å². The Morgan fingerprint density at radius 3 is 1.30 bits per heavy atom. The van der Waals surface area contributed by atoms with Crippen molar-refractivity contribution in [1.82, 2.24) is 16.0 Å². The third kappa shape index (κ3) is 13.6. The molecule has 0 unspecified atom stereocenters. The average Bonchev–Trinajstić information content (AvgIpc) is 3.31. The molecular formula is C54H57Cl2F4N3S3. The van der Waals surface area contributed by atoms with E-state index in [0.29, 0.717) is 20.9 Å². The van der Waals surface area contributed by atoms with Crippen LogP contribution in [0, 0.1) is 44.0 Å². The van der Waals surface area contributed by atoms with Gasteiger partial charge in [0.25, 0.3) is 0 Å². The van der Waals surface area contributed by atoms with Crippen molar-refractivity contribution in [3.05, 3.63) is 176 Å². The van der Waals surface area contributed by atoms with Crippen molar-refractivity contribution in [1.29, 1.82) is 0 Å². The zero-order valence-corrected chi connectivity index (χ0v) is 41.6. The van der Waals surface area contributed by atoms with Gasteiger partial charge >= 0.3 is 0 Å². The summed E-state index contributed by atoms with van der Waals surface area (Å²) < 4.78 is 57.3. The second-order valence-corrected chi connectivity index (χ2v) is 21.2. The molecule has 6 aromatic rings. The molecule has 3 nitrogen and oxygen atoms in total. The van der Waals surface area contributed by atoms with E-state index in [4.69, 9.17) is 23.2 Å². The number of aryl methyl sites for hydroxylation is 3. The summed E-state index contributed by atoms with van der Waals surface area (Å²) in [6, 6.07) is 32.9. The van der Waals surface area contributed by atoms with Gasteiger partial charge in [-0.3, -0.25) is 0 Å². The van der Waals surface area contributed by atoms with Gasteiger partial charge in [0.1, 0.15) is 23.3 Å². The van der Waals surface area contributed by atoms with Crippen LogP contribution in [0.2, 0.25) is 10.0 Å². The molecule has 12 heteroatoms. The van der Waals surface area contributed by atoms with Crippen molar-refractivity contribution in [3.63, 3.8) is 0 Å². The number of hydrogen-bond donors (Lipinski definition) is 3. The number of rotatable bonds is 9. The predicted molar refractivity (Wildman–Crippen MR) is 270 cm³/mol. The molecule has 66 heavy (non-hydrogen) atoms. The lowest BCUT2D eigenvalue weighted by atomic mass is 9.90. The van der Waals surface area contributed by atoms with E-state index in [2.05, 4.69) is 54.1 Å². The Kier molecular flexibility index (Phi) is 18.9. The molecule has 3 aliphatic rings. The highest BCUT2D eigenvalue weighted by molar-refractivity contribution is 8.00. The predicted octanol–water partition coefficient (Wildman–Crippen LogP) is 15.7. The summed E-state index contributed by atoms with van der Waals surface area (Å²) in [5.41, 5.74) is 5.94. The molecule has 6 aromatic carbocycles. The molecule has 348 valence electrons. The first-order valence-electron chi connectivity index (χ1n) is 22.7. The van der Waals surface area contributed by atoms with E-state index in [1.54, 1.807) is 54.2 Å². The van der Waals surface area contributed by atoms with Crippen LogP contribution in [-0.2, 0) is 0 Å². The number of halogens is 6. The van der Waals surface area contributed by atoms with Crippen LogP contribution in [0.15, 0.2) is 139 Å². The smallest absolute Gasteiger partial charge is 0.137 e. The molecule has 3 saturated heterocycles. The van der Waals surface area contributed by atoms with E-state index < -0.39 is 0 Å². The lowest BCUT2D eigenvalue weighted by Crippen LogP contribution is -2.27. The van der Waals surface area contributed by atoms with Gasteiger partial charge < -0.3 is 16.0 Å². The van der Waals surface area contributed by atoms with Crippen molar-refractivity contribution >= 4 is 58.5 Å². The van der Waals surface area contributed by atoms with E-state index in [1.807, 2.05) is 37.3 Å². The molecule has 0 radical (unpaired) electrons. The highest BCUT2D eigenvalue weighted by Crippen LogP contribution is 2.43. The SMILES string of the molecule is Cc1ccc(Sc2cccc(F)c2C2CCNCC2)c(F)c1.Cc1ccc(Sc2cccc(F)c2C2CCNCC2)cc1C.Fc1cccc(Sc2ccc(Cl)cc2Cl)c1C1CCNCC1. The number of benzene rings is 6. The van der Waals surface area contributed by atoms with Crippen LogP contribution < -0.4 is 16.0 Å². The van der Waals surface area contributed by atoms with Gasteiger partial charge in [0.15, 0.2) is 0 Å². The molecule has 0 bridgehead atoms. The van der Waals surface area contributed by atoms with Crippen LogP contribution in [0.5, 0.6) is 0 Å². The van der Waals surface area contributed by atoms with Crippen LogP contribution in [-0.4, -0.2) is 39.3 Å². The molecule has 0 aromatic heterocycles. The van der Waals surface area contributed by atoms with Crippen LogP contribution in [0.3, 0.4) is 0 Å². The van der Waals surface area contributed by atoms with Crippen molar-refractivity contribution in [2.45, 2.75) is 106 Å². The lowest BCUT2D eigenvalue weighted by Gasteiger charge is -2.25. The van der Waals surface area contributed by atoms with Crippen molar-refractivity contribution in [2.75, 3.05) is 39.3 Å². The fourth-order valence-corrected chi connectivity index (χ4v) is 12.5. The third-order valence-corrected chi connectivity index (χ3v) is 16.4. The molecule has 0 aliphatic carbocycles. The van der Waals surface area contributed by atoms with Gasteiger partial charge in [0.05, 0.1) is 5.02 Å². The molecule has 3 heterocycles. The number of nitrogens with one attached hydrogen (secondary N) is 3. The molecule has 3 N–H and O–H groups in total. The summed E-state index contributed by atoms with van der Waals surface area (Å²) in [7, 11) is 0. The molecule has 3 fully saturated rings. The maximum absolute atomic E-state index is 14.4. The first kappa shape index (κ1) is 50.4. The van der Waals surface area contributed by atoms with Gasteiger partial charge in [0, 0.05) is 51.1 Å². The van der Waals surface area contributed by atoms with Crippen LogP contribution in [0.25, 0.3) is 0 Å². The van der Waals surface area contributed by atoms with Gasteiger partial charge in [0.2, 0.25) is 0 Å². The molecule has 0 atom stereocenters. The van der Waals surface area contributed by atoms with Gasteiger partial charge in [-0.2, -0.15) is 0 Å². The Labute approximate surface area is 411 Å². The maximum Gasteiger partial charge on any atom is 0.137 e. The van der Waals surface area contributed by atoms with E-state index in [9.17, 15) is 17.6 Å². The quantitative estimate of drug-likeness (QED) is 0.125. The minimum atomic E-state index is -0.245. The second-order valence-electron chi connectivity index (χ2n) is 17.1. The molecule has 0 saturated carbocycles. The third-order valence-electron chi connectivity index (χ3n) is 12.4. The molecule has 0 spiro atoms. The summed E-state index contributed by atoms with van der Waals surface area (Å²) in [5.74, 6) is 0.198. The average molecular weight is 991 g/mol. The Morgan fingerprint density at radius 1 is 0.424 bits per heavy atom. The van der Waals surface area contributed by atoms with Crippen molar-refractivity contribution < 1.29 is 17.6 Å². The van der Waals surface area contributed by atoms with Crippen LogP contribution >= 0.6 is 58.5 Å². The van der Waals surface area contributed by atoms with Gasteiger partial charge in [-0.05, 0) is 212 Å². The molecule has 0 amide bonds. The van der Waals surface area contributed by atoms with E-state index in [1.165, 1.54) is 51.7 Å². The monoisotopic (exact) mass is 989 g/mol. The first-order valence-corrected chi connectivity index (χ1v) is 25.9. The van der Waals surface area contributed by atoms with E-state index in [0.717, 1.165) is 120 Å². The zero-order chi connectivity index (χ0) is 46.6. The van der Waals surface area contributed by atoms with Gasteiger partial charge in [-0.25, -0.2) is 17.6 Å². The topological polar surface area (TPSA) is 36.1 Å². The van der Waals surface area contributed by atoms with Crippen molar-refractivity contribution in [2.24, 2.45) is 0 Å². The molecule has 9 rings (SSSR count). The molecule has 3 aliphatic heterocycles. The first-order chi connectivity index (χ1) is 31.9. The standard InChI is InChI=1S/C19H22FNS.C18H19F2NS.C17H16Cl2FNS/c1-13-6-7-16(12-14(13)2)22-18-5-3-4-17(20)19(18)15-8-10-21-11-9-15;1-12-5-6-16(15(20)11-12)22-17-4-2-3-14(19)18(17)13-7-9-21-10-8-13;18-12-4-5-15(13(19)10-12)22-16-3-1-2-14(20)17(16)11-6-8-21-9-7-11/h3-7,12,15,21H,8-11H2,1-2H3;2-6,11,13,21H,7-10H2,1H3;1-5,10-11,21H,6-9H2. The summed E-state index contributed by atoms with van der Waals surface area (Å²) in [4.78, 5) is 5.46. The Morgan fingerprint density at radius 2 is 0.864 bits per heavy atom. The minimum Gasteiger partial charge on any atom is -0.317 e. The lowest BCUT2D eigenvalue weighted by molar-refractivity contribution is 0.439. The van der Waals surface area contributed by atoms with Crippen LogP contribution in [0.4, 0.5) is 17.6 Å². The molecular weight excluding hydrogens is 934 g/mol.